The molecule has 47 heavy (non-hydrogen) atoms. The van der Waals surface area contributed by atoms with Gasteiger partial charge in [0, 0.05) is 55.2 Å². The predicted octanol–water partition coefficient (Wildman–Crippen LogP) is 8.39. The smallest absolute Gasteiger partial charge is 0.479 e. The van der Waals surface area contributed by atoms with E-state index in [0.29, 0.717) is 24.3 Å². The highest BCUT2D eigenvalue weighted by atomic mass is 19.4. The fourth-order valence-corrected chi connectivity index (χ4v) is 6.76. The molecule has 7 nitrogen and oxygen atoms in total. The van der Waals surface area contributed by atoms with E-state index < -0.39 is 24.0 Å². The van der Waals surface area contributed by atoms with Crippen molar-refractivity contribution in [2.45, 2.75) is 98.9 Å². The Kier molecular flexibility index (Phi) is 9.68. The Bertz CT molecular complexity index is 1620. The minimum Gasteiger partial charge on any atom is -0.479 e. The molecule has 0 spiro atoms. The number of aryl methyl sites for hydroxylation is 2. The standard InChI is InChI=1S/C37H46F3N3O4/c1-23-30(32(43-17-14-36(6,7)15-18-43)31(24(2)41-23)33(34(44)45)47-35(3,4)5)27-11-12-28-22-42(16-13-26(28)20-27)21-25-9-8-10-29(19-25)46-37(38,39)40/h8-12,19-20,33H,13-18,21-22H2,1-7H3,(H,44,45). The number of rotatable bonds is 8. The summed E-state index contributed by atoms with van der Waals surface area (Å²) in [5, 5.41) is 10.5. The van der Waals surface area contributed by atoms with Crippen molar-refractivity contribution in [1.82, 2.24) is 9.88 Å². The molecule has 5 rings (SSSR count). The van der Waals surface area contributed by atoms with Gasteiger partial charge in [-0.15, -0.1) is 13.2 Å². The minimum absolute atomic E-state index is 0.201. The van der Waals surface area contributed by atoms with Crippen molar-refractivity contribution in [3.63, 3.8) is 0 Å². The zero-order valence-corrected chi connectivity index (χ0v) is 28.4. The molecule has 254 valence electrons. The van der Waals surface area contributed by atoms with E-state index in [-0.39, 0.29) is 11.2 Å². The van der Waals surface area contributed by atoms with E-state index in [9.17, 15) is 23.1 Å². The molecule has 2 aliphatic rings. The van der Waals surface area contributed by atoms with Gasteiger partial charge in [0.05, 0.1) is 11.3 Å². The first-order valence-corrected chi connectivity index (χ1v) is 16.2. The van der Waals surface area contributed by atoms with E-state index in [1.165, 1.54) is 17.7 Å². The first kappa shape index (κ1) is 34.7. The number of hydrogen-bond acceptors (Lipinski definition) is 6. The van der Waals surface area contributed by atoms with Gasteiger partial charge in [0.1, 0.15) is 5.75 Å². The molecule has 10 heteroatoms. The maximum absolute atomic E-state index is 12.8. The first-order chi connectivity index (χ1) is 21.9. The maximum Gasteiger partial charge on any atom is 0.573 e. The van der Waals surface area contributed by atoms with E-state index >= 15 is 0 Å². The van der Waals surface area contributed by atoms with Crippen LogP contribution in [0.25, 0.3) is 11.1 Å². The van der Waals surface area contributed by atoms with Crippen LogP contribution in [0.5, 0.6) is 5.75 Å². The van der Waals surface area contributed by atoms with Gasteiger partial charge in [0.15, 0.2) is 6.10 Å². The SMILES string of the molecule is Cc1nc(C)c(C(OC(C)(C)C)C(=O)O)c(N2CCC(C)(C)CC2)c1-c1ccc2c(c1)CCN(Cc1cccc(OC(F)(F)F)c1)C2. The quantitative estimate of drug-likeness (QED) is 0.262. The number of anilines is 1. The molecule has 1 N–H and O–H groups in total. The van der Waals surface area contributed by atoms with Gasteiger partial charge in [-0.2, -0.15) is 0 Å². The van der Waals surface area contributed by atoms with Crippen molar-refractivity contribution >= 4 is 11.7 Å². The van der Waals surface area contributed by atoms with Gasteiger partial charge in [-0.05, 0) is 93.7 Å². The van der Waals surface area contributed by atoms with Crippen LogP contribution in [-0.2, 0) is 29.0 Å². The fourth-order valence-electron chi connectivity index (χ4n) is 6.76. The zero-order chi connectivity index (χ0) is 34.3. The highest BCUT2D eigenvalue weighted by molar-refractivity contribution is 5.88. The number of carboxylic acids is 1. The van der Waals surface area contributed by atoms with Crippen LogP contribution in [0.2, 0.25) is 0 Å². The average molecular weight is 654 g/mol. The number of nitrogens with zero attached hydrogens (tertiary/aromatic N) is 3. The molecular weight excluding hydrogens is 607 g/mol. The van der Waals surface area contributed by atoms with Crippen molar-refractivity contribution in [1.29, 1.82) is 0 Å². The van der Waals surface area contributed by atoms with Crippen LogP contribution in [0.15, 0.2) is 42.5 Å². The van der Waals surface area contributed by atoms with E-state index in [1.54, 1.807) is 6.07 Å². The number of halogens is 3. The number of pyridine rings is 1. The summed E-state index contributed by atoms with van der Waals surface area (Å²) in [5.41, 5.74) is 7.52. The number of aromatic nitrogens is 1. The third-order valence-corrected chi connectivity index (χ3v) is 9.09. The highest BCUT2D eigenvalue weighted by Gasteiger charge is 2.37. The van der Waals surface area contributed by atoms with Gasteiger partial charge < -0.3 is 19.5 Å². The molecule has 0 radical (unpaired) electrons. The van der Waals surface area contributed by atoms with Crippen LogP contribution >= 0.6 is 0 Å². The minimum atomic E-state index is -4.73. The van der Waals surface area contributed by atoms with Crippen molar-refractivity contribution in [3.8, 4) is 16.9 Å². The second-order valence-electron chi connectivity index (χ2n) is 14.7. The summed E-state index contributed by atoms with van der Waals surface area (Å²) >= 11 is 0. The molecule has 3 heterocycles. The Morgan fingerprint density at radius 1 is 1.00 bits per heavy atom. The summed E-state index contributed by atoms with van der Waals surface area (Å²) in [6.45, 7) is 17.5. The van der Waals surface area contributed by atoms with Gasteiger partial charge in [0.25, 0.3) is 0 Å². The Morgan fingerprint density at radius 3 is 2.34 bits per heavy atom. The largest absolute Gasteiger partial charge is 0.573 e. The molecule has 0 amide bonds. The van der Waals surface area contributed by atoms with Gasteiger partial charge in [0.2, 0.25) is 0 Å². The molecule has 0 aliphatic carbocycles. The number of aliphatic carboxylic acids is 1. The normalized spacial score (nSPS) is 17.7. The lowest BCUT2D eigenvalue weighted by Crippen LogP contribution is -2.39. The Morgan fingerprint density at radius 2 is 1.70 bits per heavy atom. The van der Waals surface area contributed by atoms with Gasteiger partial charge in [-0.25, -0.2) is 4.79 Å². The van der Waals surface area contributed by atoms with Crippen molar-refractivity contribution in [2.75, 3.05) is 24.5 Å². The van der Waals surface area contributed by atoms with E-state index in [1.807, 2.05) is 40.7 Å². The Hall–Kier alpha value is -3.63. The van der Waals surface area contributed by atoms with Crippen LogP contribution in [0, 0.1) is 19.3 Å². The number of alkyl halides is 3. The Balaban J connectivity index is 1.51. The van der Waals surface area contributed by atoms with E-state index in [2.05, 4.69) is 46.6 Å². The third-order valence-electron chi connectivity index (χ3n) is 9.09. The number of hydrogen-bond donors (Lipinski definition) is 1. The van der Waals surface area contributed by atoms with Crippen LogP contribution in [0.3, 0.4) is 0 Å². The molecule has 3 aromatic rings. The highest BCUT2D eigenvalue weighted by Crippen LogP contribution is 2.45. The number of piperidine rings is 1. The molecule has 2 aliphatic heterocycles. The van der Waals surface area contributed by atoms with Gasteiger partial charge in [-0.3, -0.25) is 9.88 Å². The van der Waals surface area contributed by atoms with Crippen molar-refractivity contribution < 1.29 is 32.5 Å². The number of carboxylic acid groups (broad SMARTS) is 1. The molecule has 1 unspecified atom stereocenters. The van der Waals surface area contributed by atoms with Gasteiger partial charge >= 0.3 is 12.3 Å². The van der Waals surface area contributed by atoms with E-state index in [0.717, 1.165) is 72.5 Å². The first-order valence-electron chi connectivity index (χ1n) is 16.2. The van der Waals surface area contributed by atoms with Gasteiger partial charge in [-0.1, -0.05) is 44.2 Å². The molecule has 0 saturated carbocycles. The second kappa shape index (κ2) is 13.1. The summed E-state index contributed by atoms with van der Waals surface area (Å²) in [6.07, 6.45) is -3.18. The Labute approximate surface area is 275 Å². The lowest BCUT2D eigenvalue weighted by Gasteiger charge is -2.41. The monoisotopic (exact) mass is 653 g/mol. The van der Waals surface area contributed by atoms with Crippen molar-refractivity contribution in [3.05, 3.63) is 76.1 Å². The number of benzene rings is 2. The topological polar surface area (TPSA) is 75.1 Å². The van der Waals surface area contributed by atoms with Crippen LogP contribution in [0.1, 0.15) is 87.2 Å². The molecule has 1 saturated heterocycles. The van der Waals surface area contributed by atoms with Crippen LogP contribution in [-0.4, -0.2) is 52.6 Å². The third kappa shape index (κ3) is 8.46. The lowest BCUT2D eigenvalue weighted by atomic mass is 9.81. The summed E-state index contributed by atoms with van der Waals surface area (Å²) in [7, 11) is 0. The zero-order valence-electron chi connectivity index (χ0n) is 28.4. The summed E-state index contributed by atoms with van der Waals surface area (Å²) in [6, 6.07) is 12.5. The number of fused-ring (bicyclic) bond motifs is 1. The molecule has 1 atom stereocenters. The summed E-state index contributed by atoms with van der Waals surface area (Å²) in [5.74, 6) is -1.26. The second-order valence-corrected chi connectivity index (χ2v) is 14.7. The molecule has 2 aromatic carbocycles. The summed E-state index contributed by atoms with van der Waals surface area (Å²) in [4.78, 5) is 22.3. The summed E-state index contributed by atoms with van der Waals surface area (Å²) < 4.78 is 48.6. The maximum atomic E-state index is 12.8. The van der Waals surface area contributed by atoms with E-state index in [4.69, 9.17) is 9.72 Å². The molecule has 1 aromatic heterocycles. The van der Waals surface area contributed by atoms with Crippen molar-refractivity contribution in [2.24, 2.45) is 5.41 Å². The predicted molar refractivity (Wildman–Crippen MR) is 177 cm³/mol. The molecule has 0 bridgehead atoms. The lowest BCUT2D eigenvalue weighted by molar-refractivity contribution is -0.274. The van der Waals surface area contributed by atoms with Crippen LogP contribution in [0.4, 0.5) is 18.9 Å². The number of ether oxygens (including phenoxy) is 2. The average Bonchev–Trinajstić information content (AvgIpc) is 2.94. The van der Waals surface area contributed by atoms with Crippen LogP contribution < -0.4 is 9.64 Å². The number of carbonyl (C=O) groups is 1. The molecule has 1 fully saturated rings. The fraction of sp³-hybridized carbons (Fsp3) is 0.514. The molecular formula is C37H46F3N3O4.